The van der Waals surface area contributed by atoms with Crippen LogP contribution in [0.4, 0.5) is 0 Å². The number of piperazine rings is 2. The molecule has 1 unspecified atom stereocenters. The van der Waals surface area contributed by atoms with E-state index >= 15 is 0 Å². The number of hydrogen-bond donors (Lipinski definition) is 2. The molecule has 2 heterocycles. The normalized spacial score (nSPS) is 28.6. The van der Waals surface area contributed by atoms with Crippen molar-refractivity contribution in [2.45, 2.75) is 6.04 Å². The van der Waals surface area contributed by atoms with Crippen LogP contribution in [0, 0.1) is 0 Å². The Bertz CT molecular complexity index is 383. The largest absolute Gasteiger partial charge is 0.314 e. The lowest BCUT2D eigenvalue weighted by molar-refractivity contribution is 0.116. The maximum atomic E-state index is 12.2. The summed E-state index contributed by atoms with van der Waals surface area (Å²) in [6.07, 6.45) is 0. The molecular formula is C11H25N5O2S. The van der Waals surface area contributed by atoms with Crippen LogP contribution in [0.1, 0.15) is 0 Å². The van der Waals surface area contributed by atoms with Crippen LogP contribution in [0.5, 0.6) is 0 Å². The van der Waals surface area contributed by atoms with Gasteiger partial charge in [0.1, 0.15) is 0 Å². The van der Waals surface area contributed by atoms with Gasteiger partial charge in [-0.3, -0.25) is 4.90 Å². The Morgan fingerprint density at radius 2 is 1.84 bits per heavy atom. The summed E-state index contributed by atoms with van der Waals surface area (Å²) in [7, 11) is 0.801. The zero-order valence-electron chi connectivity index (χ0n) is 11.8. The summed E-state index contributed by atoms with van der Waals surface area (Å²) in [6, 6.07) is 0.247. The summed E-state index contributed by atoms with van der Waals surface area (Å²) in [5, 5.41) is 3.16. The van der Waals surface area contributed by atoms with Gasteiger partial charge in [0.15, 0.2) is 0 Å². The standard InChI is InChI=1S/C11H25N5O2S/c1-14-7-8-15(2)11(10-14)9-13-19(17,18)16-5-3-12-4-6-16/h11-13H,3-10H2,1-2H3. The van der Waals surface area contributed by atoms with Crippen molar-refractivity contribution in [1.82, 2.24) is 24.1 Å². The van der Waals surface area contributed by atoms with Crippen LogP contribution in [0.3, 0.4) is 0 Å². The average Bonchev–Trinajstić information content (AvgIpc) is 2.41. The van der Waals surface area contributed by atoms with Crippen molar-refractivity contribution in [3.63, 3.8) is 0 Å². The molecule has 0 aromatic rings. The van der Waals surface area contributed by atoms with Crippen LogP contribution in [0.25, 0.3) is 0 Å². The van der Waals surface area contributed by atoms with Crippen LogP contribution >= 0.6 is 0 Å². The molecule has 1 atom stereocenters. The highest BCUT2D eigenvalue weighted by Gasteiger charge is 2.27. The molecule has 0 aromatic heterocycles. The minimum atomic E-state index is -3.33. The van der Waals surface area contributed by atoms with Gasteiger partial charge in [0, 0.05) is 58.4 Å². The lowest BCUT2D eigenvalue weighted by atomic mass is 10.2. The Balaban J connectivity index is 1.86. The fourth-order valence-electron chi connectivity index (χ4n) is 2.50. The van der Waals surface area contributed by atoms with Crippen molar-refractivity contribution in [1.29, 1.82) is 0 Å². The highest BCUT2D eigenvalue weighted by atomic mass is 32.2. The molecule has 19 heavy (non-hydrogen) atoms. The van der Waals surface area contributed by atoms with E-state index in [-0.39, 0.29) is 6.04 Å². The quantitative estimate of drug-likeness (QED) is 0.625. The van der Waals surface area contributed by atoms with Crippen molar-refractivity contribution < 1.29 is 8.42 Å². The Kier molecular flexibility index (Phi) is 5.15. The van der Waals surface area contributed by atoms with Crippen molar-refractivity contribution in [3.8, 4) is 0 Å². The van der Waals surface area contributed by atoms with Crippen LogP contribution in [0.15, 0.2) is 0 Å². The lowest BCUT2D eigenvalue weighted by Gasteiger charge is -2.38. The minimum absolute atomic E-state index is 0.247. The van der Waals surface area contributed by atoms with E-state index in [0.717, 1.165) is 32.7 Å². The van der Waals surface area contributed by atoms with Crippen molar-refractivity contribution in [3.05, 3.63) is 0 Å². The third-order valence-electron chi connectivity index (χ3n) is 3.90. The molecule has 0 radical (unpaired) electrons. The fraction of sp³-hybridized carbons (Fsp3) is 1.00. The molecule has 2 saturated heterocycles. The van der Waals surface area contributed by atoms with E-state index in [1.807, 2.05) is 0 Å². The molecule has 0 amide bonds. The molecular weight excluding hydrogens is 266 g/mol. The third-order valence-corrected chi connectivity index (χ3v) is 5.47. The van der Waals surface area contributed by atoms with E-state index in [2.05, 4.69) is 33.9 Å². The molecule has 7 nitrogen and oxygen atoms in total. The van der Waals surface area contributed by atoms with Gasteiger partial charge in [-0.25, -0.2) is 4.72 Å². The molecule has 2 aliphatic heterocycles. The van der Waals surface area contributed by atoms with Gasteiger partial charge in [0.05, 0.1) is 0 Å². The summed E-state index contributed by atoms with van der Waals surface area (Å²) >= 11 is 0. The van der Waals surface area contributed by atoms with Crippen molar-refractivity contribution >= 4 is 10.2 Å². The molecule has 8 heteroatoms. The number of nitrogens with zero attached hydrogens (tertiary/aromatic N) is 3. The number of rotatable bonds is 4. The SMILES string of the molecule is CN1CCN(C)C(CNS(=O)(=O)N2CCNCC2)C1. The molecule has 2 N–H and O–H groups in total. The molecule has 0 aliphatic carbocycles. The summed E-state index contributed by atoms with van der Waals surface area (Å²) in [4.78, 5) is 4.46. The van der Waals surface area contributed by atoms with Crippen LogP contribution in [-0.4, -0.2) is 95.0 Å². The minimum Gasteiger partial charge on any atom is -0.314 e. The van der Waals surface area contributed by atoms with Crippen LogP contribution < -0.4 is 10.0 Å². The second-order valence-electron chi connectivity index (χ2n) is 5.40. The Morgan fingerprint density at radius 1 is 1.16 bits per heavy atom. The fourth-order valence-corrected chi connectivity index (χ4v) is 3.75. The van der Waals surface area contributed by atoms with E-state index < -0.39 is 10.2 Å². The topological polar surface area (TPSA) is 67.9 Å². The third kappa shape index (κ3) is 4.11. The van der Waals surface area contributed by atoms with Crippen LogP contribution in [0.2, 0.25) is 0 Å². The van der Waals surface area contributed by atoms with E-state index in [1.165, 1.54) is 4.31 Å². The van der Waals surface area contributed by atoms with E-state index in [0.29, 0.717) is 19.6 Å². The maximum absolute atomic E-state index is 12.2. The van der Waals surface area contributed by atoms with E-state index in [1.54, 1.807) is 0 Å². The van der Waals surface area contributed by atoms with Crippen molar-refractivity contribution in [2.75, 3.05) is 66.5 Å². The predicted octanol–water partition coefficient (Wildman–Crippen LogP) is -2.03. The number of likely N-dealkylation sites (N-methyl/N-ethyl adjacent to an activating group) is 2. The second-order valence-corrected chi connectivity index (χ2v) is 7.15. The zero-order chi connectivity index (χ0) is 13.9. The molecule has 2 rings (SSSR count). The second kappa shape index (κ2) is 6.47. The lowest BCUT2D eigenvalue weighted by Crippen LogP contribution is -2.56. The summed E-state index contributed by atoms with van der Waals surface area (Å²) < 4.78 is 28.6. The summed E-state index contributed by atoms with van der Waals surface area (Å²) in [6.45, 7) is 5.97. The monoisotopic (exact) mass is 291 g/mol. The van der Waals surface area contributed by atoms with E-state index in [4.69, 9.17) is 0 Å². The maximum Gasteiger partial charge on any atom is 0.279 e. The molecule has 2 fully saturated rings. The first-order valence-corrected chi connectivity index (χ1v) is 8.27. The Hall–Kier alpha value is -0.250. The average molecular weight is 291 g/mol. The summed E-state index contributed by atoms with van der Waals surface area (Å²) in [5.41, 5.74) is 0. The van der Waals surface area contributed by atoms with Crippen molar-refractivity contribution in [2.24, 2.45) is 0 Å². The summed E-state index contributed by atoms with van der Waals surface area (Å²) in [5.74, 6) is 0. The first-order chi connectivity index (χ1) is 8.99. The molecule has 2 aliphatic rings. The highest BCUT2D eigenvalue weighted by molar-refractivity contribution is 7.87. The highest BCUT2D eigenvalue weighted by Crippen LogP contribution is 2.06. The zero-order valence-corrected chi connectivity index (χ0v) is 12.6. The van der Waals surface area contributed by atoms with Gasteiger partial charge >= 0.3 is 0 Å². The van der Waals surface area contributed by atoms with Gasteiger partial charge in [-0.15, -0.1) is 0 Å². The molecule has 0 aromatic carbocycles. The molecule has 0 spiro atoms. The number of nitrogens with one attached hydrogen (secondary N) is 2. The number of hydrogen-bond acceptors (Lipinski definition) is 5. The predicted molar refractivity (Wildman–Crippen MR) is 75.3 cm³/mol. The Labute approximate surface area is 116 Å². The smallest absolute Gasteiger partial charge is 0.279 e. The van der Waals surface area contributed by atoms with Crippen LogP contribution in [-0.2, 0) is 10.2 Å². The first kappa shape index (κ1) is 15.1. The van der Waals surface area contributed by atoms with E-state index in [9.17, 15) is 8.42 Å². The van der Waals surface area contributed by atoms with Gasteiger partial charge in [-0.1, -0.05) is 0 Å². The van der Waals surface area contributed by atoms with Gasteiger partial charge in [0.25, 0.3) is 10.2 Å². The van der Waals surface area contributed by atoms with Gasteiger partial charge in [-0.05, 0) is 14.1 Å². The van der Waals surface area contributed by atoms with Gasteiger partial charge in [-0.2, -0.15) is 12.7 Å². The molecule has 0 saturated carbocycles. The molecule has 0 bridgehead atoms. The Morgan fingerprint density at radius 3 is 2.53 bits per heavy atom. The van der Waals surface area contributed by atoms with Gasteiger partial charge < -0.3 is 10.2 Å². The van der Waals surface area contributed by atoms with Gasteiger partial charge in [0.2, 0.25) is 0 Å². The molecule has 112 valence electrons. The first-order valence-electron chi connectivity index (χ1n) is 6.83.